The van der Waals surface area contributed by atoms with E-state index in [-0.39, 0.29) is 12.2 Å². The summed E-state index contributed by atoms with van der Waals surface area (Å²) < 4.78 is 33.7. The largest absolute Gasteiger partial charge is 0.367 e. The van der Waals surface area contributed by atoms with Gasteiger partial charge < -0.3 is 9.30 Å². The molecule has 3 nitrogen and oxygen atoms in total. The quantitative estimate of drug-likeness (QED) is 0.451. The predicted molar refractivity (Wildman–Crippen MR) is 102 cm³/mol. The Morgan fingerprint density at radius 3 is 2.56 bits per heavy atom. The van der Waals surface area contributed by atoms with Gasteiger partial charge in [-0.1, -0.05) is 65.1 Å². The standard InChI is InChI=1S/C19H15Cl3F2N2O/c20-19(21,22)16-4-2-1-3-13(16)11-27-18(10-26-8-7-25-12-26)15-6-5-14(23)9-17(15)24/h1-9,12,18H,10-11H2. The lowest BCUT2D eigenvalue weighted by Gasteiger charge is -2.22. The first-order valence-corrected chi connectivity index (χ1v) is 9.15. The number of rotatable bonds is 6. The molecule has 0 bridgehead atoms. The third kappa shape index (κ3) is 5.20. The lowest BCUT2D eigenvalue weighted by atomic mass is 10.1. The monoisotopic (exact) mass is 430 g/mol. The highest BCUT2D eigenvalue weighted by atomic mass is 35.6. The van der Waals surface area contributed by atoms with Crippen LogP contribution in [0.5, 0.6) is 0 Å². The predicted octanol–water partition coefficient (Wildman–Crippen LogP) is 5.95. The van der Waals surface area contributed by atoms with Gasteiger partial charge in [0, 0.05) is 29.6 Å². The second-order valence-electron chi connectivity index (χ2n) is 5.88. The Morgan fingerprint density at radius 2 is 1.89 bits per heavy atom. The Morgan fingerprint density at radius 1 is 1.11 bits per heavy atom. The van der Waals surface area contributed by atoms with Crippen molar-refractivity contribution < 1.29 is 13.5 Å². The van der Waals surface area contributed by atoms with Crippen LogP contribution in [0.1, 0.15) is 22.8 Å². The summed E-state index contributed by atoms with van der Waals surface area (Å²) in [5, 5.41) is 0. The van der Waals surface area contributed by atoms with Gasteiger partial charge in [-0.3, -0.25) is 0 Å². The number of hydrogen-bond acceptors (Lipinski definition) is 2. The van der Waals surface area contributed by atoms with E-state index in [1.807, 2.05) is 0 Å². The van der Waals surface area contributed by atoms with E-state index in [0.717, 1.165) is 6.07 Å². The number of ether oxygens (including phenoxy) is 1. The van der Waals surface area contributed by atoms with E-state index in [4.69, 9.17) is 39.5 Å². The van der Waals surface area contributed by atoms with Gasteiger partial charge in [-0.2, -0.15) is 0 Å². The third-order valence-corrected chi connectivity index (χ3v) is 4.62. The van der Waals surface area contributed by atoms with Crippen molar-refractivity contribution in [1.29, 1.82) is 0 Å². The average molecular weight is 432 g/mol. The van der Waals surface area contributed by atoms with Crippen LogP contribution in [0.4, 0.5) is 8.78 Å². The van der Waals surface area contributed by atoms with Gasteiger partial charge in [-0.15, -0.1) is 0 Å². The molecule has 1 heterocycles. The SMILES string of the molecule is Fc1ccc(C(Cn2ccnc2)OCc2ccccc2C(Cl)(Cl)Cl)c(F)c1. The number of imidazole rings is 1. The van der Waals surface area contributed by atoms with Crippen LogP contribution in [-0.4, -0.2) is 9.55 Å². The summed E-state index contributed by atoms with van der Waals surface area (Å²) in [5.41, 5.74) is 1.38. The van der Waals surface area contributed by atoms with E-state index in [9.17, 15) is 8.78 Å². The minimum atomic E-state index is -1.61. The molecule has 0 spiro atoms. The molecule has 0 saturated heterocycles. The molecule has 3 aromatic rings. The van der Waals surface area contributed by atoms with Gasteiger partial charge >= 0.3 is 0 Å². The lowest BCUT2D eigenvalue weighted by molar-refractivity contribution is 0.0253. The fraction of sp³-hybridized carbons (Fsp3) is 0.211. The van der Waals surface area contributed by atoms with Gasteiger partial charge in [0.05, 0.1) is 19.5 Å². The summed E-state index contributed by atoms with van der Waals surface area (Å²) in [6.45, 7) is 0.374. The van der Waals surface area contributed by atoms with E-state index >= 15 is 0 Å². The Balaban J connectivity index is 1.86. The summed E-state index contributed by atoms with van der Waals surface area (Å²) in [6, 6.07) is 10.4. The Labute approximate surface area is 170 Å². The molecule has 2 aromatic carbocycles. The molecule has 0 N–H and O–H groups in total. The van der Waals surface area contributed by atoms with Gasteiger partial charge in [0.25, 0.3) is 0 Å². The fourth-order valence-corrected chi connectivity index (χ4v) is 3.26. The smallest absolute Gasteiger partial charge is 0.216 e. The van der Waals surface area contributed by atoms with Crippen molar-refractivity contribution in [2.24, 2.45) is 0 Å². The van der Waals surface area contributed by atoms with Gasteiger partial charge in [0.1, 0.15) is 17.7 Å². The van der Waals surface area contributed by atoms with E-state index in [1.165, 1.54) is 12.1 Å². The zero-order valence-corrected chi connectivity index (χ0v) is 16.2. The number of halogens is 5. The summed E-state index contributed by atoms with van der Waals surface area (Å²) in [6.07, 6.45) is 4.24. The molecule has 1 aromatic heterocycles. The van der Waals surface area contributed by atoms with E-state index in [0.29, 0.717) is 17.7 Å². The van der Waals surface area contributed by atoms with Crippen LogP contribution in [0, 0.1) is 11.6 Å². The van der Waals surface area contributed by atoms with Gasteiger partial charge in [0.2, 0.25) is 3.79 Å². The highest BCUT2D eigenvalue weighted by Crippen LogP contribution is 2.40. The van der Waals surface area contributed by atoms with Crippen molar-refractivity contribution in [3.63, 3.8) is 0 Å². The maximum absolute atomic E-state index is 14.3. The molecule has 0 aliphatic carbocycles. The van der Waals surface area contributed by atoms with Gasteiger partial charge in [-0.05, 0) is 11.6 Å². The van der Waals surface area contributed by atoms with E-state index < -0.39 is 21.5 Å². The Hall–Kier alpha value is -1.66. The third-order valence-electron chi connectivity index (χ3n) is 4.01. The van der Waals surface area contributed by atoms with Crippen molar-refractivity contribution in [3.05, 3.63) is 89.5 Å². The van der Waals surface area contributed by atoms with Crippen LogP contribution in [0.25, 0.3) is 0 Å². The maximum Gasteiger partial charge on any atom is 0.216 e. The van der Waals surface area contributed by atoms with Crippen molar-refractivity contribution >= 4 is 34.8 Å². The summed E-state index contributed by atoms with van der Waals surface area (Å²) in [4.78, 5) is 3.97. The summed E-state index contributed by atoms with van der Waals surface area (Å²) in [5.74, 6) is -1.34. The molecule has 1 unspecified atom stereocenters. The Bertz CT molecular complexity index is 898. The molecule has 0 aliphatic rings. The molecule has 0 aliphatic heterocycles. The molecule has 3 rings (SSSR count). The molecule has 142 valence electrons. The molecular formula is C19H15Cl3F2N2O. The zero-order valence-electron chi connectivity index (χ0n) is 14.0. The van der Waals surface area contributed by atoms with Crippen LogP contribution >= 0.6 is 34.8 Å². The first-order chi connectivity index (χ1) is 12.8. The average Bonchev–Trinajstić information content (AvgIpc) is 3.11. The number of benzene rings is 2. The van der Waals surface area contributed by atoms with Crippen LogP contribution < -0.4 is 0 Å². The lowest BCUT2D eigenvalue weighted by Crippen LogP contribution is -2.15. The molecule has 0 saturated carbocycles. The summed E-state index contributed by atoms with van der Waals surface area (Å²) in [7, 11) is 0. The molecule has 0 fully saturated rings. The fourth-order valence-electron chi connectivity index (χ4n) is 2.70. The molecule has 8 heteroatoms. The van der Waals surface area contributed by atoms with Crippen LogP contribution in [0.2, 0.25) is 0 Å². The molecule has 0 amide bonds. The topological polar surface area (TPSA) is 27.1 Å². The number of aromatic nitrogens is 2. The van der Waals surface area contributed by atoms with E-state index in [1.54, 1.807) is 47.6 Å². The van der Waals surface area contributed by atoms with Gasteiger partial charge in [-0.25, -0.2) is 13.8 Å². The van der Waals surface area contributed by atoms with Crippen molar-refractivity contribution in [1.82, 2.24) is 9.55 Å². The second-order valence-corrected chi connectivity index (χ2v) is 8.16. The minimum absolute atomic E-state index is 0.0836. The first-order valence-electron chi connectivity index (χ1n) is 8.02. The molecule has 0 radical (unpaired) electrons. The number of nitrogens with zero attached hydrogens (tertiary/aromatic N) is 2. The number of alkyl halides is 3. The van der Waals surface area contributed by atoms with Crippen molar-refractivity contribution in [2.75, 3.05) is 0 Å². The first kappa shape index (κ1) is 20.1. The summed E-state index contributed by atoms with van der Waals surface area (Å²) >= 11 is 18.0. The van der Waals surface area contributed by atoms with Crippen molar-refractivity contribution in [3.8, 4) is 0 Å². The maximum atomic E-state index is 14.3. The normalized spacial score (nSPS) is 12.9. The molecule has 27 heavy (non-hydrogen) atoms. The highest BCUT2D eigenvalue weighted by Gasteiger charge is 2.26. The van der Waals surface area contributed by atoms with Gasteiger partial charge in [0.15, 0.2) is 0 Å². The Kier molecular flexibility index (Phi) is 6.37. The van der Waals surface area contributed by atoms with Crippen molar-refractivity contribution in [2.45, 2.75) is 23.0 Å². The molecular weight excluding hydrogens is 417 g/mol. The molecule has 1 atom stereocenters. The van der Waals surface area contributed by atoms with Crippen LogP contribution in [0.3, 0.4) is 0 Å². The number of hydrogen-bond donors (Lipinski definition) is 0. The van der Waals surface area contributed by atoms with E-state index in [2.05, 4.69) is 4.98 Å². The minimum Gasteiger partial charge on any atom is -0.367 e. The highest BCUT2D eigenvalue weighted by molar-refractivity contribution is 6.66. The second kappa shape index (κ2) is 8.57. The van der Waals surface area contributed by atoms with Crippen LogP contribution in [0.15, 0.2) is 61.2 Å². The van der Waals surface area contributed by atoms with Crippen LogP contribution in [-0.2, 0) is 21.7 Å². The zero-order chi connectivity index (χ0) is 19.4.